The lowest BCUT2D eigenvalue weighted by molar-refractivity contribution is 0.248. The van der Waals surface area contributed by atoms with Crippen LogP contribution in [0.2, 0.25) is 0 Å². The average Bonchev–Trinajstić information content (AvgIpc) is 2.59. The molecule has 0 radical (unpaired) electrons. The molecular weight excluding hydrogens is 224 g/mol. The van der Waals surface area contributed by atoms with Gasteiger partial charge in [-0.1, -0.05) is 13.3 Å². The monoisotopic (exact) mass is 250 g/mol. The van der Waals surface area contributed by atoms with Gasteiger partial charge in [-0.05, 0) is 51.3 Å². The summed E-state index contributed by atoms with van der Waals surface area (Å²) >= 11 is 0. The standard InChI is InChI=1S/C15H26N2O/c1-3-13-5-4-7-17(8-6-13)11-15-9-14(10-16)12(2)18-15/h9,13H,3-8,10-11,16H2,1-2H3. The van der Waals surface area contributed by atoms with Crippen LogP contribution in [0.25, 0.3) is 0 Å². The first-order valence-electron chi connectivity index (χ1n) is 7.23. The fourth-order valence-corrected chi connectivity index (χ4v) is 2.88. The molecular formula is C15H26N2O. The Bertz CT molecular complexity index is 373. The van der Waals surface area contributed by atoms with Gasteiger partial charge in [-0.3, -0.25) is 4.90 Å². The van der Waals surface area contributed by atoms with Crippen molar-refractivity contribution in [2.24, 2.45) is 11.7 Å². The van der Waals surface area contributed by atoms with Crippen molar-refractivity contribution in [2.75, 3.05) is 13.1 Å². The molecule has 0 spiro atoms. The van der Waals surface area contributed by atoms with Crippen molar-refractivity contribution in [3.8, 4) is 0 Å². The first-order chi connectivity index (χ1) is 8.72. The van der Waals surface area contributed by atoms with E-state index >= 15 is 0 Å². The van der Waals surface area contributed by atoms with Gasteiger partial charge in [-0.15, -0.1) is 0 Å². The fraction of sp³-hybridized carbons (Fsp3) is 0.733. The highest BCUT2D eigenvalue weighted by Crippen LogP contribution is 2.22. The topological polar surface area (TPSA) is 42.4 Å². The molecule has 1 aromatic heterocycles. The first-order valence-corrected chi connectivity index (χ1v) is 7.23. The molecule has 3 heteroatoms. The molecule has 1 unspecified atom stereocenters. The van der Waals surface area contributed by atoms with Gasteiger partial charge in [0.15, 0.2) is 0 Å². The van der Waals surface area contributed by atoms with Gasteiger partial charge in [-0.2, -0.15) is 0 Å². The average molecular weight is 250 g/mol. The molecule has 0 aliphatic carbocycles. The molecule has 18 heavy (non-hydrogen) atoms. The van der Waals surface area contributed by atoms with Crippen molar-refractivity contribution in [3.05, 3.63) is 23.2 Å². The van der Waals surface area contributed by atoms with Gasteiger partial charge in [0.2, 0.25) is 0 Å². The second kappa shape index (κ2) is 6.39. The summed E-state index contributed by atoms with van der Waals surface area (Å²) in [6, 6.07) is 2.12. The van der Waals surface area contributed by atoms with E-state index in [0.717, 1.165) is 29.5 Å². The van der Waals surface area contributed by atoms with Gasteiger partial charge in [0, 0.05) is 12.1 Å². The van der Waals surface area contributed by atoms with Gasteiger partial charge in [0.25, 0.3) is 0 Å². The van der Waals surface area contributed by atoms with Crippen molar-refractivity contribution in [1.29, 1.82) is 0 Å². The molecule has 102 valence electrons. The maximum absolute atomic E-state index is 5.78. The summed E-state index contributed by atoms with van der Waals surface area (Å²) in [5, 5.41) is 0. The number of rotatable bonds is 4. The van der Waals surface area contributed by atoms with Crippen LogP contribution in [0.4, 0.5) is 0 Å². The van der Waals surface area contributed by atoms with Gasteiger partial charge in [0.1, 0.15) is 11.5 Å². The highest BCUT2D eigenvalue weighted by molar-refractivity contribution is 5.20. The number of hydrogen-bond donors (Lipinski definition) is 1. The summed E-state index contributed by atoms with van der Waals surface area (Å²) in [4.78, 5) is 2.52. The third-order valence-corrected chi connectivity index (χ3v) is 4.19. The van der Waals surface area contributed by atoms with Crippen LogP contribution >= 0.6 is 0 Å². The normalized spacial score (nSPS) is 22.1. The van der Waals surface area contributed by atoms with E-state index in [0.29, 0.717) is 6.54 Å². The van der Waals surface area contributed by atoms with E-state index in [1.807, 2.05) is 6.92 Å². The number of nitrogens with zero attached hydrogens (tertiary/aromatic N) is 1. The van der Waals surface area contributed by atoms with Gasteiger partial charge in [0.05, 0.1) is 6.54 Å². The largest absolute Gasteiger partial charge is 0.465 e. The molecule has 1 aliphatic rings. The van der Waals surface area contributed by atoms with Crippen LogP contribution in [0, 0.1) is 12.8 Å². The molecule has 0 saturated carbocycles. The Kier molecular flexibility index (Phi) is 4.84. The van der Waals surface area contributed by atoms with Gasteiger partial charge >= 0.3 is 0 Å². The molecule has 1 saturated heterocycles. The van der Waals surface area contributed by atoms with E-state index in [1.54, 1.807) is 0 Å². The molecule has 2 N–H and O–H groups in total. The maximum Gasteiger partial charge on any atom is 0.118 e. The van der Waals surface area contributed by atoms with Crippen molar-refractivity contribution in [2.45, 2.75) is 52.6 Å². The van der Waals surface area contributed by atoms with E-state index in [1.165, 1.54) is 38.8 Å². The summed E-state index contributed by atoms with van der Waals surface area (Å²) < 4.78 is 5.78. The van der Waals surface area contributed by atoms with Crippen molar-refractivity contribution in [1.82, 2.24) is 4.90 Å². The zero-order valence-electron chi connectivity index (χ0n) is 11.7. The zero-order valence-corrected chi connectivity index (χ0v) is 11.7. The first kappa shape index (κ1) is 13.6. The summed E-state index contributed by atoms with van der Waals surface area (Å²) in [6.45, 7) is 8.24. The second-order valence-electron chi connectivity index (χ2n) is 5.48. The molecule has 2 rings (SSSR count). The number of aryl methyl sites for hydroxylation is 1. The summed E-state index contributed by atoms with van der Waals surface area (Å²) in [7, 11) is 0. The summed E-state index contributed by atoms with van der Waals surface area (Å²) in [6.07, 6.45) is 5.37. The van der Waals surface area contributed by atoms with Crippen LogP contribution < -0.4 is 5.73 Å². The van der Waals surface area contributed by atoms with E-state index < -0.39 is 0 Å². The minimum absolute atomic E-state index is 0.577. The van der Waals surface area contributed by atoms with E-state index in [2.05, 4.69) is 17.9 Å². The number of nitrogens with two attached hydrogens (primary N) is 1. The highest BCUT2D eigenvalue weighted by atomic mass is 16.3. The molecule has 1 fully saturated rings. The third kappa shape index (κ3) is 3.36. The molecule has 1 aromatic rings. The smallest absolute Gasteiger partial charge is 0.118 e. The highest BCUT2D eigenvalue weighted by Gasteiger charge is 2.17. The Labute approximate surface area is 110 Å². The van der Waals surface area contributed by atoms with Crippen LogP contribution in [0.15, 0.2) is 10.5 Å². The molecule has 0 amide bonds. The van der Waals surface area contributed by atoms with Crippen LogP contribution in [0.1, 0.15) is 49.7 Å². The SMILES string of the molecule is CCC1CCCN(Cc2cc(CN)c(C)o2)CC1. The molecule has 1 atom stereocenters. The lowest BCUT2D eigenvalue weighted by Gasteiger charge is -2.18. The van der Waals surface area contributed by atoms with E-state index in [-0.39, 0.29) is 0 Å². The minimum atomic E-state index is 0.577. The predicted molar refractivity (Wildman–Crippen MR) is 74.2 cm³/mol. The number of likely N-dealkylation sites (tertiary alicyclic amines) is 1. The molecule has 0 aromatic carbocycles. The van der Waals surface area contributed by atoms with Crippen molar-refractivity contribution >= 4 is 0 Å². The molecule has 0 bridgehead atoms. The zero-order chi connectivity index (χ0) is 13.0. The molecule has 2 heterocycles. The Morgan fingerprint density at radius 3 is 2.89 bits per heavy atom. The quantitative estimate of drug-likeness (QED) is 0.893. The Morgan fingerprint density at radius 2 is 2.22 bits per heavy atom. The number of hydrogen-bond acceptors (Lipinski definition) is 3. The minimum Gasteiger partial charge on any atom is -0.465 e. The molecule has 1 aliphatic heterocycles. The Balaban J connectivity index is 1.92. The third-order valence-electron chi connectivity index (χ3n) is 4.19. The predicted octanol–water partition coefficient (Wildman–Crippen LogP) is 3.06. The lowest BCUT2D eigenvalue weighted by atomic mass is 9.98. The second-order valence-corrected chi connectivity index (χ2v) is 5.48. The Morgan fingerprint density at radius 1 is 1.39 bits per heavy atom. The van der Waals surface area contributed by atoms with Crippen molar-refractivity contribution < 1.29 is 4.42 Å². The van der Waals surface area contributed by atoms with Crippen LogP contribution in [-0.4, -0.2) is 18.0 Å². The summed E-state index contributed by atoms with van der Waals surface area (Å²) in [5.74, 6) is 2.98. The lowest BCUT2D eigenvalue weighted by Crippen LogP contribution is -2.24. The Hall–Kier alpha value is -0.800. The van der Waals surface area contributed by atoms with Gasteiger partial charge < -0.3 is 10.2 Å². The van der Waals surface area contributed by atoms with E-state index in [4.69, 9.17) is 10.2 Å². The van der Waals surface area contributed by atoms with Crippen LogP contribution in [0.3, 0.4) is 0 Å². The van der Waals surface area contributed by atoms with Gasteiger partial charge in [-0.25, -0.2) is 0 Å². The number of furan rings is 1. The summed E-state index contributed by atoms with van der Waals surface area (Å²) in [5.41, 5.74) is 6.83. The van der Waals surface area contributed by atoms with Crippen molar-refractivity contribution in [3.63, 3.8) is 0 Å². The van der Waals surface area contributed by atoms with Crippen LogP contribution in [-0.2, 0) is 13.1 Å². The van der Waals surface area contributed by atoms with Crippen LogP contribution in [0.5, 0.6) is 0 Å². The fourth-order valence-electron chi connectivity index (χ4n) is 2.88. The van der Waals surface area contributed by atoms with E-state index in [9.17, 15) is 0 Å². The molecule has 3 nitrogen and oxygen atoms in total. The maximum atomic E-state index is 5.78.